The lowest BCUT2D eigenvalue weighted by atomic mass is 10.2. The van der Waals surface area contributed by atoms with Crippen molar-refractivity contribution in [3.63, 3.8) is 0 Å². The van der Waals surface area contributed by atoms with Crippen LogP contribution < -0.4 is 5.43 Å². The molecule has 2 heterocycles. The summed E-state index contributed by atoms with van der Waals surface area (Å²) in [5.74, 6) is -0.0165. The van der Waals surface area contributed by atoms with Gasteiger partial charge >= 0.3 is 5.88 Å². The number of hydrogen-bond acceptors (Lipinski definition) is 4. The summed E-state index contributed by atoms with van der Waals surface area (Å²) in [5, 5.41) is 11.6. The van der Waals surface area contributed by atoms with Gasteiger partial charge < -0.3 is 9.40 Å². The molecule has 0 bridgehead atoms. The molecule has 0 saturated carbocycles. The van der Waals surface area contributed by atoms with Gasteiger partial charge in [-0.05, 0) is 36.4 Å². The van der Waals surface area contributed by atoms with E-state index in [1.165, 1.54) is 24.3 Å². The number of aromatic amines is 1. The highest BCUT2D eigenvalue weighted by atomic mass is 35.5. The number of halogens is 1. The minimum atomic E-state index is -0.614. The minimum Gasteiger partial charge on any atom is -0.401 e. The molecule has 0 aliphatic carbocycles. The summed E-state index contributed by atoms with van der Waals surface area (Å²) in [6.45, 7) is 0. The zero-order chi connectivity index (χ0) is 15.7. The molecule has 1 aromatic carbocycles. The van der Waals surface area contributed by atoms with Crippen molar-refractivity contribution in [2.45, 2.75) is 0 Å². The molecule has 0 amide bonds. The van der Waals surface area contributed by atoms with Crippen molar-refractivity contribution < 1.29 is 9.34 Å². The van der Waals surface area contributed by atoms with Crippen LogP contribution in [-0.2, 0) is 0 Å². The maximum Gasteiger partial charge on any atom is 0.433 e. The Morgan fingerprint density at radius 2 is 2.00 bits per heavy atom. The summed E-state index contributed by atoms with van der Waals surface area (Å²) in [4.78, 5) is 25.0. The van der Waals surface area contributed by atoms with Gasteiger partial charge in [0.15, 0.2) is 5.43 Å². The number of fused-ring (bicyclic) bond motifs is 1. The van der Waals surface area contributed by atoms with E-state index in [0.717, 1.165) is 0 Å². The van der Waals surface area contributed by atoms with Crippen LogP contribution in [0.2, 0.25) is 5.02 Å². The highest BCUT2D eigenvalue weighted by Crippen LogP contribution is 2.19. The van der Waals surface area contributed by atoms with Crippen LogP contribution in [0, 0.1) is 10.1 Å². The van der Waals surface area contributed by atoms with Gasteiger partial charge in [-0.1, -0.05) is 11.6 Å². The molecule has 7 heteroatoms. The number of benzene rings is 1. The number of nitrogens with zero attached hydrogens (tertiary/aromatic N) is 1. The first-order chi connectivity index (χ1) is 10.5. The van der Waals surface area contributed by atoms with Crippen molar-refractivity contribution in [3.8, 4) is 0 Å². The van der Waals surface area contributed by atoms with E-state index in [4.69, 9.17) is 16.0 Å². The average Bonchev–Trinajstić information content (AvgIpc) is 2.93. The molecular formula is C15H9ClN2O4. The van der Waals surface area contributed by atoms with E-state index < -0.39 is 4.92 Å². The fourth-order valence-electron chi connectivity index (χ4n) is 2.04. The monoisotopic (exact) mass is 316 g/mol. The van der Waals surface area contributed by atoms with Crippen LogP contribution in [-0.4, -0.2) is 9.91 Å². The second-order valence-electron chi connectivity index (χ2n) is 4.55. The third-order valence-electron chi connectivity index (χ3n) is 3.03. The van der Waals surface area contributed by atoms with Crippen molar-refractivity contribution in [2.24, 2.45) is 0 Å². The van der Waals surface area contributed by atoms with Crippen molar-refractivity contribution >= 4 is 40.5 Å². The van der Waals surface area contributed by atoms with Crippen molar-refractivity contribution in [1.82, 2.24) is 4.98 Å². The fraction of sp³-hybridized carbons (Fsp3) is 0. The lowest BCUT2D eigenvalue weighted by molar-refractivity contribution is -0.402. The van der Waals surface area contributed by atoms with E-state index in [0.29, 0.717) is 27.4 Å². The van der Waals surface area contributed by atoms with Gasteiger partial charge in [-0.2, -0.15) is 0 Å². The lowest BCUT2D eigenvalue weighted by Crippen LogP contribution is -2.02. The Balaban J connectivity index is 1.97. The van der Waals surface area contributed by atoms with E-state index in [2.05, 4.69) is 4.98 Å². The smallest absolute Gasteiger partial charge is 0.401 e. The van der Waals surface area contributed by atoms with Gasteiger partial charge in [0.25, 0.3) is 0 Å². The molecule has 0 spiro atoms. The second kappa shape index (κ2) is 5.50. The predicted octanol–water partition coefficient (Wildman–Crippen LogP) is 3.85. The number of nitro groups is 1. The van der Waals surface area contributed by atoms with Crippen molar-refractivity contribution in [3.05, 3.63) is 73.2 Å². The number of pyridine rings is 1. The van der Waals surface area contributed by atoms with Crippen LogP contribution in [0.3, 0.4) is 0 Å². The Bertz CT molecular complexity index is 956. The van der Waals surface area contributed by atoms with E-state index in [-0.39, 0.29) is 11.3 Å². The lowest BCUT2D eigenvalue weighted by Gasteiger charge is -2.00. The molecule has 22 heavy (non-hydrogen) atoms. The number of aromatic nitrogens is 1. The molecule has 3 aromatic rings. The number of hydrogen-bond donors (Lipinski definition) is 1. The normalized spacial score (nSPS) is 11.3. The van der Waals surface area contributed by atoms with Gasteiger partial charge in [0, 0.05) is 22.2 Å². The molecule has 0 aliphatic rings. The van der Waals surface area contributed by atoms with E-state index >= 15 is 0 Å². The summed E-state index contributed by atoms with van der Waals surface area (Å²) in [6, 6.07) is 9.14. The number of H-pyrrole nitrogens is 1. The van der Waals surface area contributed by atoms with Crippen molar-refractivity contribution in [1.29, 1.82) is 0 Å². The van der Waals surface area contributed by atoms with Crippen LogP contribution in [0.5, 0.6) is 0 Å². The molecule has 3 rings (SSSR count). The summed E-state index contributed by atoms with van der Waals surface area (Å²) >= 11 is 5.91. The highest BCUT2D eigenvalue weighted by molar-refractivity contribution is 6.31. The predicted molar refractivity (Wildman–Crippen MR) is 83.9 cm³/mol. The Morgan fingerprint density at radius 1 is 1.18 bits per heavy atom. The number of nitrogens with one attached hydrogen (secondary N) is 1. The Kier molecular flexibility index (Phi) is 3.52. The first kappa shape index (κ1) is 14.1. The largest absolute Gasteiger partial charge is 0.433 e. The zero-order valence-electron chi connectivity index (χ0n) is 11.1. The molecule has 0 saturated heterocycles. The third kappa shape index (κ3) is 2.77. The van der Waals surface area contributed by atoms with Gasteiger partial charge in [-0.3, -0.25) is 14.9 Å². The summed E-state index contributed by atoms with van der Waals surface area (Å²) in [7, 11) is 0. The molecule has 0 fully saturated rings. The standard InChI is InChI=1S/C15H9ClN2O4/c16-9-1-5-12-13(7-9)17-10(8-14(12)19)2-3-11-4-6-15(22-11)18(20)21/h1-8H,(H,17,19)/b3-2+. The maximum absolute atomic E-state index is 12.0. The Hall–Kier alpha value is -2.86. The molecule has 0 aliphatic heterocycles. The van der Waals surface area contributed by atoms with Crippen LogP contribution >= 0.6 is 11.6 Å². The van der Waals surface area contributed by atoms with Gasteiger partial charge in [0.1, 0.15) is 10.7 Å². The van der Waals surface area contributed by atoms with Gasteiger partial charge in [0.2, 0.25) is 0 Å². The molecule has 2 aromatic heterocycles. The molecule has 0 unspecified atom stereocenters. The summed E-state index contributed by atoms with van der Waals surface area (Å²) in [5.41, 5.74) is 1.01. The number of rotatable bonds is 3. The maximum atomic E-state index is 12.0. The first-order valence-electron chi connectivity index (χ1n) is 6.28. The SMILES string of the molecule is O=c1cc(/C=C/c2ccc([N+](=O)[O-])o2)[nH]c2cc(Cl)ccc12. The Labute approximate surface area is 128 Å². The second-order valence-corrected chi connectivity index (χ2v) is 4.98. The number of furan rings is 1. The van der Waals surface area contributed by atoms with Crippen molar-refractivity contribution in [2.75, 3.05) is 0 Å². The van der Waals surface area contributed by atoms with Gasteiger partial charge in [-0.15, -0.1) is 0 Å². The van der Waals surface area contributed by atoms with Crippen LogP contribution in [0.25, 0.3) is 23.1 Å². The topological polar surface area (TPSA) is 89.1 Å². The fourth-order valence-corrected chi connectivity index (χ4v) is 2.21. The summed E-state index contributed by atoms with van der Waals surface area (Å²) < 4.78 is 5.00. The van der Waals surface area contributed by atoms with E-state index in [1.807, 2.05) is 0 Å². The molecule has 6 nitrogen and oxygen atoms in total. The molecule has 0 radical (unpaired) electrons. The van der Waals surface area contributed by atoms with Gasteiger partial charge in [-0.25, -0.2) is 0 Å². The highest BCUT2D eigenvalue weighted by Gasteiger charge is 2.09. The molecule has 0 atom stereocenters. The van der Waals surface area contributed by atoms with Gasteiger partial charge in [0.05, 0.1) is 11.6 Å². The van der Waals surface area contributed by atoms with E-state index in [1.54, 1.807) is 24.3 Å². The molecular weight excluding hydrogens is 308 g/mol. The average molecular weight is 317 g/mol. The summed E-state index contributed by atoms with van der Waals surface area (Å²) in [6.07, 6.45) is 3.14. The molecule has 110 valence electrons. The first-order valence-corrected chi connectivity index (χ1v) is 6.65. The molecule has 1 N–H and O–H groups in total. The minimum absolute atomic E-state index is 0.143. The third-order valence-corrected chi connectivity index (χ3v) is 3.27. The Morgan fingerprint density at radius 3 is 2.73 bits per heavy atom. The van der Waals surface area contributed by atoms with Crippen LogP contribution in [0.15, 0.2) is 45.6 Å². The van der Waals surface area contributed by atoms with Crippen LogP contribution in [0.4, 0.5) is 5.88 Å². The van der Waals surface area contributed by atoms with E-state index in [9.17, 15) is 14.9 Å². The zero-order valence-corrected chi connectivity index (χ0v) is 11.8. The van der Waals surface area contributed by atoms with Crippen LogP contribution in [0.1, 0.15) is 11.5 Å². The quantitative estimate of drug-likeness (QED) is 0.587.